The van der Waals surface area contributed by atoms with Crippen LogP contribution in [0.1, 0.15) is 12.0 Å². The third kappa shape index (κ3) is 2.45. The molecule has 0 aliphatic carbocycles. The van der Waals surface area contributed by atoms with E-state index in [9.17, 15) is 13.2 Å². The molecule has 2 aliphatic heterocycles. The summed E-state index contributed by atoms with van der Waals surface area (Å²) in [6, 6.07) is 15.9. The zero-order valence-electron chi connectivity index (χ0n) is 12.6. The van der Waals surface area contributed by atoms with Crippen molar-refractivity contribution < 1.29 is 13.2 Å². The maximum absolute atomic E-state index is 12.9. The van der Waals surface area contributed by atoms with Gasteiger partial charge in [-0.05, 0) is 23.6 Å². The van der Waals surface area contributed by atoms with Gasteiger partial charge in [-0.15, -0.1) is 0 Å². The number of rotatable bonds is 1. The predicted octanol–water partition coefficient (Wildman–Crippen LogP) is 2.63. The highest BCUT2D eigenvalue weighted by Crippen LogP contribution is 2.40. The molecule has 1 amide bonds. The van der Waals surface area contributed by atoms with E-state index in [1.165, 1.54) is 0 Å². The fraction of sp³-hybridized carbons (Fsp3) is 0.278. The van der Waals surface area contributed by atoms with Gasteiger partial charge in [0.25, 0.3) is 0 Å². The summed E-state index contributed by atoms with van der Waals surface area (Å²) >= 11 is 0. The molecule has 4 nitrogen and oxygen atoms in total. The minimum atomic E-state index is -3.06. The molecule has 0 spiro atoms. The second kappa shape index (κ2) is 5.20. The molecular weight excluding hydrogens is 310 g/mol. The van der Waals surface area contributed by atoms with Gasteiger partial charge in [-0.1, -0.05) is 42.5 Å². The molecule has 2 aromatic rings. The fourth-order valence-corrected chi connectivity index (χ4v) is 5.25. The summed E-state index contributed by atoms with van der Waals surface area (Å²) in [7, 11) is -3.06. The summed E-state index contributed by atoms with van der Waals surface area (Å²) in [5.74, 6) is -0.395. The first-order valence-electron chi connectivity index (χ1n) is 7.74. The lowest BCUT2D eigenvalue weighted by Gasteiger charge is -2.32. The molecular formula is C18H17NO3S. The Hall–Kier alpha value is -2.14. The third-order valence-electron chi connectivity index (χ3n) is 4.68. The molecule has 23 heavy (non-hydrogen) atoms. The van der Waals surface area contributed by atoms with Crippen LogP contribution in [-0.4, -0.2) is 25.8 Å². The van der Waals surface area contributed by atoms with E-state index in [1.807, 2.05) is 42.5 Å². The zero-order chi connectivity index (χ0) is 16.0. The molecule has 2 aliphatic rings. The molecule has 1 unspecified atom stereocenters. The molecule has 1 fully saturated rings. The molecule has 0 aromatic heterocycles. The fourth-order valence-electron chi connectivity index (χ4n) is 3.52. The van der Waals surface area contributed by atoms with Crippen LogP contribution in [-0.2, 0) is 21.2 Å². The minimum Gasteiger partial charge on any atom is -0.307 e. The van der Waals surface area contributed by atoms with Crippen LogP contribution in [0.3, 0.4) is 0 Å². The maximum atomic E-state index is 12.9. The van der Waals surface area contributed by atoms with Crippen molar-refractivity contribution >= 4 is 21.4 Å². The number of fused-ring (bicyclic) bond motifs is 3. The van der Waals surface area contributed by atoms with E-state index in [4.69, 9.17) is 0 Å². The van der Waals surface area contributed by atoms with E-state index < -0.39 is 15.8 Å². The maximum Gasteiger partial charge on any atom is 0.231 e. The molecule has 5 heteroatoms. The van der Waals surface area contributed by atoms with Crippen molar-refractivity contribution in [1.29, 1.82) is 0 Å². The first-order valence-corrected chi connectivity index (χ1v) is 9.56. The first kappa shape index (κ1) is 14.5. The number of carbonyl (C=O) groups is 1. The van der Waals surface area contributed by atoms with Gasteiger partial charge in [-0.3, -0.25) is 4.79 Å². The van der Waals surface area contributed by atoms with Crippen molar-refractivity contribution in [3.05, 3.63) is 54.1 Å². The van der Waals surface area contributed by atoms with E-state index in [2.05, 4.69) is 6.07 Å². The van der Waals surface area contributed by atoms with Crippen LogP contribution >= 0.6 is 0 Å². The number of hydrogen-bond acceptors (Lipinski definition) is 3. The molecule has 2 heterocycles. The number of sulfone groups is 1. The molecule has 0 radical (unpaired) electrons. The number of carbonyl (C=O) groups excluding carboxylic acids is 1. The molecule has 1 saturated heterocycles. The molecule has 0 bridgehead atoms. The van der Waals surface area contributed by atoms with Crippen LogP contribution in [0.25, 0.3) is 11.1 Å². The van der Waals surface area contributed by atoms with Gasteiger partial charge < -0.3 is 4.90 Å². The van der Waals surface area contributed by atoms with Crippen molar-refractivity contribution in [2.75, 3.05) is 16.4 Å². The zero-order valence-corrected chi connectivity index (χ0v) is 13.4. The standard InChI is InChI=1S/C18H17NO3S/c20-18(14-9-10-23(21,22)12-14)19-11-13-5-1-2-6-15(13)16-7-3-4-8-17(16)19/h1-8,14H,9-12H2. The molecule has 1 atom stereocenters. The van der Waals surface area contributed by atoms with Gasteiger partial charge in [-0.2, -0.15) is 0 Å². The monoisotopic (exact) mass is 327 g/mol. The Kier molecular flexibility index (Phi) is 3.27. The highest BCUT2D eigenvalue weighted by atomic mass is 32.2. The van der Waals surface area contributed by atoms with Gasteiger partial charge in [0, 0.05) is 5.56 Å². The average Bonchev–Trinajstić information content (AvgIpc) is 2.93. The van der Waals surface area contributed by atoms with Gasteiger partial charge in [-0.25, -0.2) is 8.42 Å². The normalized spacial score (nSPS) is 21.6. The van der Waals surface area contributed by atoms with Crippen LogP contribution in [0.2, 0.25) is 0 Å². The van der Waals surface area contributed by atoms with Crippen LogP contribution in [0.5, 0.6) is 0 Å². The second-order valence-corrected chi connectivity index (χ2v) is 8.43. The molecule has 118 valence electrons. The Balaban J connectivity index is 1.75. The molecule has 0 N–H and O–H groups in total. The van der Waals surface area contributed by atoms with Gasteiger partial charge in [0.2, 0.25) is 5.91 Å². The largest absolute Gasteiger partial charge is 0.307 e. The van der Waals surface area contributed by atoms with Crippen molar-refractivity contribution in [2.45, 2.75) is 13.0 Å². The lowest BCUT2D eigenvalue weighted by molar-refractivity contribution is -0.121. The molecule has 2 aromatic carbocycles. The lowest BCUT2D eigenvalue weighted by Crippen LogP contribution is -2.38. The second-order valence-electron chi connectivity index (χ2n) is 6.20. The molecule has 0 saturated carbocycles. The number of amides is 1. The van der Waals surface area contributed by atoms with Crippen molar-refractivity contribution in [1.82, 2.24) is 0 Å². The quantitative estimate of drug-likeness (QED) is 0.809. The number of hydrogen-bond donors (Lipinski definition) is 0. The summed E-state index contributed by atoms with van der Waals surface area (Å²) in [5.41, 5.74) is 4.15. The Bertz CT molecular complexity index is 889. The van der Waals surface area contributed by atoms with Crippen LogP contribution in [0, 0.1) is 5.92 Å². The third-order valence-corrected chi connectivity index (χ3v) is 6.45. The summed E-state index contributed by atoms with van der Waals surface area (Å²) in [5, 5.41) is 0. The van der Waals surface area contributed by atoms with E-state index in [-0.39, 0.29) is 17.4 Å². The molecule has 4 rings (SSSR count). The van der Waals surface area contributed by atoms with E-state index in [1.54, 1.807) is 4.90 Å². The van der Waals surface area contributed by atoms with Crippen LogP contribution in [0.15, 0.2) is 48.5 Å². The number of benzene rings is 2. The van der Waals surface area contributed by atoms with Crippen molar-refractivity contribution in [3.63, 3.8) is 0 Å². The number of para-hydroxylation sites is 1. The Labute approximate surface area is 135 Å². The van der Waals surface area contributed by atoms with Gasteiger partial charge in [0.05, 0.1) is 29.7 Å². The van der Waals surface area contributed by atoms with Gasteiger partial charge in [0.1, 0.15) is 0 Å². The topological polar surface area (TPSA) is 54.5 Å². The Morgan fingerprint density at radius 1 is 1.00 bits per heavy atom. The number of anilines is 1. The van der Waals surface area contributed by atoms with Crippen LogP contribution < -0.4 is 4.90 Å². The summed E-state index contributed by atoms with van der Waals surface area (Å²) < 4.78 is 23.4. The van der Waals surface area contributed by atoms with Crippen molar-refractivity contribution in [3.8, 4) is 11.1 Å². The predicted molar refractivity (Wildman–Crippen MR) is 89.8 cm³/mol. The first-order chi connectivity index (χ1) is 11.1. The summed E-state index contributed by atoms with van der Waals surface area (Å²) in [4.78, 5) is 14.7. The summed E-state index contributed by atoms with van der Waals surface area (Å²) in [6.45, 7) is 0.503. The highest BCUT2D eigenvalue weighted by molar-refractivity contribution is 7.91. The van der Waals surface area contributed by atoms with Crippen molar-refractivity contribution in [2.24, 2.45) is 5.92 Å². The van der Waals surface area contributed by atoms with E-state index in [0.29, 0.717) is 13.0 Å². The van der Waals surface area contributed by atoms with Crippen LogP contribution in [0.4, 0.5) is 5.69 Å². The smallest absolute Gasteiger partial charge is 0.231 e. The Morgan fingerprint density at radius 3 is 2.43 bits per heavy atom. The SMILES string of the molecule is O=C(C1CCS(=O)(=O)C1)N1Cc2ccccc2-c2ccccc21. The average molecular weight is 327 g/mol. The highest BCUT2D eigenvalue weighted by Gasteiger charge is 2.37. The summed E-state index contributed by atoms with van der Waals surface area (Å²) in [6.07, 6.45) is 0.432. The van der Waals surface area contributed by atoms with Gasteiger partial charge >= 0.3 is 0 Å². The number of nitrogens with zero attached hydrogens (tertiary/aromatic N) is 1. The minimum absolute atomic E-state index is 0.0217. The van der Waals surface area contributed by atoms with Gasteiger partial charge in [0.15, 0.2) is 9.84 Å². The Morgan fingerprint density at radius 2 is 1.70 bits per heavy atom. The van der Waals surface area contributed by atoms with E-state index >= 15 is 0 Å². The lowest BCUT2D eigenvalue weighted by atomic mass is 9.92. The van der Waals surface area contributed by atoms with E-state index in [0.717, 1.165) is 22.4 Å².